The van der Waals surface area contributed by atoms with Crippen LogP contribution in [-0.4, -0.2) is 18.9 Å². The Morgan fingerprint density at radius 2 is 1.76 bits per heavy atom. The molecular weight excluding hydrogens is 356 g/mol. The van der Waals surface area contributed by atoms with Crippen molar-refractivity contribution in [3.63, 3.8) is 0 Å². The maximum absolute atomic E-state index is 12.7. The normalized spacial score (nSPS) is 23.4. The summed E-state index contributed by atoms with van der Waals surface area (Å²) < 4.78 is 5.77. The van der Waals surface area contributed by atoms with Crippen LogP contribution in [0.2, 0.25) is 0 Å². The van der Waals surface area contributed by atoms with Crippen LogP contribution in [-0.2, 0) is 14.3 Å². The molecule has 1 fully saturated rings. The number of esters is 1. The lowest BCUT2D eigenvalue weighted by Gasteiger charge is -2.29. The molecule has 0 aromatic heterocycles. The van der Waals surface area contributed by atoms with Crippen LogP contribution in [0.4, 0.5) is 0 Å². The van der Waals surface area contributed by atoms with Crippen LogP contribution >= 0.6 is 27.5 Å². The van der Waals surface area contributed by atoms with Gasteiger partial charge in [-0.05, 0) is 30.5 Å². The third kappa shape index (κ3) is 3.86. The number of carbonyl (C=O) groups is 2. The van der Waals surface area contributed by atoms with Gasteiger partial charge in [0.05, 0.1) is 13.0 Å². The van der Waals surface area contributed by atoms with Crippen molar-refractivity contribution in [2.24, 2.45) is 11.8 Å². The molecule has 1 aromatic rings. The van der Waals surface area contributed by atoms with E-state index in [1.807, 2.05) is 24.3 Å². The molecule has 0 N–H and O–H groups in total. The molecule has 3 unspecified atom stereocenters. The molecule has 0 aliphatic heterocycles. The lowest BCUT2D eigenvalue weighted by atomic mass is 9.75. The van der Waals surface area contributed by atoms with Crippen molar-refractivity contribution in [3.05, 3.63) is 34.3 Å². The van der Waals surface area contributed by atoms with Crippen LogP contribution in [0.15, 0.2) is 28.7 Å². The van der Waals surface area contributed by atoms with Crippen molar-refractivity contribution in [2.75, 3.05) is 7.11 Å². The lowest BCUT2D eigenvalue weighted by Crippen LogP contribution is -2.35. The first-order chi connectivity index (χ1) is 10.0. The van der Waals surface area contributed by atoms with Gasteiger partial charge < -0.3 is 4.74 Å². The number of halogens is 2. The molecule has 1 aliphatic rings. The number of hydrogen-bond acceptors (Lipinski definition) is 3. The molecule has 0 heterocycles. The van der Waals surface area contributed by atoms with Crippen molar-refractivity contribution in [2.45, 2.75) is 31.1 Å². The maximum atomic E-state index is 12.7. The summed E-state index contributed by atoms with van der Waals surface area (Å²) >= 11 is 9.70. The Kier molecular flexibility index (Phi) is 5.82. The van der Waals surface area contributed by atoms with Crippen molar-refractivity contribution >= 4 is 39.3 Å². The zero-order chi connectivity index (χ0) is 15.4. The van der Waals surface area contributed by atoms with E-state index >= 15 is 0 Å². The number of rotatable bonds is 4. The summed E-state index contributed by atoms with van der Waals surface area (Å²) in [5.41, 5.74) is 0.763. The maximum Gasteiger partial charge on any atom is 0.309 e. The minimum atomic E-state index is -0.714. The van der Waals surface area contributed by atoms with Crippen molar-refractivity contribution in [3.8, 4) is 0 Å². The van der Waals surface area contributed by atoms with Gasteiger partial charge in [0.25, 0.3) is 0 Å². The molecule has 3 atom stereocenters. The van der Waals surface area contributed by atoms with Crippen LogP contribution in [0.1, 0.15) is 36.6 Å². The summed E-state index contributed by atoms with van der Waals surface area (Å²) in [6, 6.07) is 7.37. The topological polar surface area (TPSA) is 43.4 Å². The highest BCUT2D eigenvalue weighted by molar-refractivity contribution is 9.10. The van der Waals surface area contributed by atoms with Crippen molar-refractivity contribution < 1.29 is 14.3 Å². The van der Waals surface area contributed by atoms with Gasteiger partial charge in [-0.1, -0.05) is 40.9 Å². The second-order valence-electron chi connectivity index (χ2n) is 5.34. The molecule has 1 aromatic carbocycles. The lowest BCUT2D eigenvalue weighted by molar-refractivity contribution is -0.151. The molecule has 2 rings (SSSR count). The first-order valence-electron chi connectivity index (χ1n) is 7.05. The van der Waals surface area contributed by atoms with E-state index in [-0.39, 0.29) is 23.6 Å². The fourth-order valence-electron chi connectivity index (χ4n) is 2.89. The third-order valence-electron chi connectivity index (χ3n) is 4.05. The summed E-state index contributed by atoms with van der Waals surface area (Å²) in [6.45, 7) is 0. The minimum Gasteiger partial charge on any atom is -0.469 e. The molecule has 1 saturated carbocycles. The van der Waals surface area contributed by atoms with Gasteiger partial charge >= 0.3 is 5.97 Å². The van der Waals surface area contributed by atoms with Gasteiger partial charge in [0, 0.05) is 10.4 Å². The largest absolute Gasteiger partial charge is 0.469 e. The molecule has 5 heteroatoms. The second-order valence-corrected chi connectivity index (χ2v) is 6.69. The fourth-order valence-corrected chi connectivity index (χ4v) is 3.46. The summed E-state index contributed by atoms with van der Waals surface area (Å²) in [5.74, 6) is -1.06. The number of carbonyl (C=O) groups excluding carboxylic acids is 2. The Morgan fingerprint density at radius 1 is 1.19 bits per heavy atom. The van der Waals surface area contributed by atoms with E-state index in [0.717, 1.165) is 22.9 Å². The molecular formula is C16H18BrClO3. The van der Waals surface area contributed by atoms with E-state index in [0.29, 0.717) is 12.8 Å². The molecule has 21 heavy (non-hydrogen) atoms. The smallest absolute Gasteiger partial charge is 0.309 e. The van der Waals surface area contributed by atoms with E-state index in [1.165, 1.54) is 7.11 Å². The van der Waals surface area contributed by atoms with E-state index in [9.17, 15) is 9.59 Å². The molecule has 1 aliphatic carbocycles. The van der Waals surface area contributed by atoms with Crippen LogP contribution in [0.3, 0.4) is 0 Å². The van der Waals surface area contributed by atoms with Crippen molar-refractivity contribution in [1.82, 2.24) is 0 Å². The Labute approximate surface area is 138 Å². The number of Topliss-reactive ketones (excluding diaryl/α,β-unsaturated/α-hetero) is 1. The van der Waals surface area contributed by atoms with E-state index in [4.69, 9.17) is 16.3 Å². The number of alkyl halides is 1. The highest BCUT2D eigenvalue weighted by atomic mass is 79.9. The van der Waals surface area contributed by atoms with E-state index < -0.39 is 5.38 Å². The summed E-state index contributed by atoms with van der Waals surface area (Å²) in [6.07, 6.45) is 3.31. The van der Waals surface area contributed by atoms with E-state index in [1.54, 1.807) is 0 Å². The predicted molar refractivity (Wildman–Crippen MR) is 85.2 cm³/mol. The first-order valence-corrected chi connectivity index (χ1v) is 8.28. The standard InChI is InChI=1S/C16H18BrClO3/c1-21-16(20)13-5-3-2-4-12(13)15(19)14(18)10-6-8-11(17)9-7-10/h6-9,12-14H,2-5H2,1H3. The molecule has 0 spiro atoms. The van der Waals surface area contributed by atoms with Gasteiger partial charge in [0.15, 0.2) is 5.78 Å². The van der Waals surface area contributed by atoms with Gasteiger partial charge in [-0.25, -0.2) is 0 Å². The van der Waals surface area contributed by atoms with Gasteiger partial charge in [-0.15, -0.1) is 11.6 Å². The second kappa shape index (κ2) is 7.41. The molecule has 0 saturated heterocycles. The minimum absolute atomic E-state index is 0.0749. The first kappa shape index (κ1) is 16.5. The number of ketones is 1. The number of methoxy groups -OCH3 is 1. The monoisotopic (exact) mass is 372 g/mol. The Morgan fingerprint density at radius 3 is 2.33 bits per heavy atom. The molecule has 3 nitrogen and oxygen atoms in total. The van der Waals surface area contributed by atoms with Gasteiger partial charge in [0.1, 0.15) is 5.38 Å². The molecule has 114 valence electrons. The van der Waals surface area contributed by atoms with Gasteiger partial charge in [0.2, 0.25) is 0 Å². The third-order valence-corrected chi connectivity index (χ3v) is 5.04. The van der Waals surface area contributed by atoms with Gasteiger partial charge in [-0.2, -0.15) is 0 Å². The van der Waals surface area contributed by atoms with Crippen LogP contribution in [0.5, 0.6) is 0 Å². The summed E-state index contributed by atoms with van der Waals surface area (Å²) in [5, 5.41) is -0.714. The van der Waals surface area contributed by atoms with Crippen LogP contribution < -0.4 is 0 Å². The Balaban J connectivity index is 2.16. The van der Waals surface area contributed by atoms with Crippen LogP contribution in [0, 0.1) is 11.8 Å². The Hall–Kier alpha value is -0.870. The molecule has 0 radical (unpaired) electrons. The van der Waals surface area contributed by atoms with Crippen molar-refractivity contribution in [1.29, 1.82) is 0 Å². The zero-order valence-corrected chi connectivity index (χ0v) is 14.2. The predicted octanol–water partition coefficient (Wildman–Crippen LogP) is 4.28. The SMILES string of the molecule is COC(=O)C1CCCCC1C(=O)C(Cl)c1ccc(Br)cc1. The average Bonchev–Trinajstić information content (AvgIpc) is 2.53. The highest BCUT2D eigenvalue weighted by Gasteiger charge is 2.39. The fraction of sp³-hybridized carbons (Fsp3) is 0.500. The number of benzene rings is 1. The number of ether oxygens (including phenoxy) is 1. The zero-order valence-electron chi connectivity index (χ0n) is 11.9. The summed E-state index contributed by atoms with van der Waals surface area (Å²) in [7, 11) is 1.37. The van der Waals surface area contributed by atoms with Crippen LogP contribution in [0.25, 0.3) is 0 Å². The number of hydrogen-bond donors (Lipinski definition) is 0. The molecule has 0 amide bonds. The van der Waals surface area contributed by atoms with Gasteiger partial charge in [-0.3, -0.25) is 9.59 Å². The molecule has 0 bridgehead atoms. The van der Waals surface area contributed by atoms with E-state index in [2.05, 4.69) is 15.9 Å². The highest BCUT2D eigenvalue weighted by Crippen LogP contribution is 2.37. The average molecular weight is 374 g/mol. The summed E-state index contributed by atoms with van der Waals surface area (Å²) in [4.78, 5) is 24.5. The quantitative estimate of drug-likeness (QED) is 0.584. The Bertz CT molecular complexity index is 515.